The van der Waals surface area contributed by atoms with Crippen molar-refractivity contribution >= 4 is 17.9 Å². The summed E-state index contributed by atoms with van der Waals surface area (Å²) < 4.78 is 5.02. The number of aliphatic hydroxyl groups excluding tert-OH is 1. The first-order valence-corrected chi connectivity index (χ1v) is 10.0. The van der Waals surface area contributed by atoms with E-state index < -0.39 is 0 Å². The van der Waals surface area contributed by atoms with E-state index in [0.29, 0.717) is 32.7 Å². The number of hydrogen-bond acceptors (Lipinski definition) is 4. The largest absolute Gasteiger partial charge is 0.396 e. The van der Waals surface area contributed by atoms with Crippen molar-refractivity contribution in [2.24, 2.45) is 5.41 Å². The molecular weight excluding hydrogens is 356 g/mol. The topological polar surface area (TPSA) is 70.1 Å². The normalized spacial score (nSPS) is 25.0. The van der Waals surface area contributed by atoms with Gasteiger partial charge in [-0.1, -0.05) is 30.3 Å². The molecule has 2 amide bonds. The predicted octanol–water partition coefficient (Wildman–Crippen LogP) is 1.94. The van der Waals surface area contributed by atoms with E-state index in [1.54, 1.807) is 13.2 Å². The second-order valence-electron chi connectivity index (χ2n) is 7.75. The second-order valence-corrected chi connectivity index (χ2v) is 7.75. The number of carbonyl (C=O) groups is 2. The smallest absolute Gasteiger partial charge is 0.246 e. The monoisotopic (exact) mass is 386 g/mol. The van der Waals surface area contributed by atoms with Crippen molar-refractivity contribution in [2.75, 3.05) is 40.0 Å². The molecule has 1 aromatic rings. The first-order chi connectivity index (χ1) is 13.6. The zero-order valence-corrected chi connectivity index (χ0v) is 16.5. The molecule has 0 aliphatic carbocycles. The summed E-state index contributed by atoms with van der Waals surface area (Å²) in [6, 6.07) is 9.57. The number of amides is 2. The van der Waals surface area contributed by atoms with Crippen molar-refractivity contribution in [1.29, 1.82) is 0 Å². The summed E-state index contributed by atoms with van der Waals surface area (Å²) in [5.74, 6) is -0.0104. The maximum absolute atomic E-state index is 13.0. The van der Waals surface area contributed by atoms with Crippen LogP contribution in [-0.4, -0.2) is 72.7 Å². The first kappa shape index (κ1) is 20.6. The molecule has 2 fully saturated rings. The number of methoxy groups -OCH3 is 1. The number of carbonyl (C=O) groups excluding carboxylic acids is 2. The van der Waals surface area contributed by atoms with Crippen LogP contribution in [0.15, 0.2) is 36.4 Å². The van der Waals surface area contributed by atoms with Gasteiger partial charge in [-0.05, 0) is 30.9 Å². The molecule has 0 radical (unpaired) electrons. The van der Waals surface area contributed by atoms with Gasteiger partial charge in [0.15, 0.2) is 0 Å². The van der Waals surface area contributed by atoms with Crippen LogP contribution in [0.5, 0.6) is 0 Å². The third-order valence-corrected chi connectivity index (χ3v) is 6.12. The van der Waals surface area contributed by atoms with Crippen LogP contribution in [0.3, 0.4) is 0 Å². The van der Waals surface area contributed by atoms with Crippen LogP contribution in [0.1, 0.15) is 31.2 Å². The van der Waals surface area contributed by atoms with Gasteiger partial charge in [0.05, 0.1) is 25.7 Å². The van der Waals surface area contributed by atoms with Gasteiger partial charge in [0, 0.05) is 38.2 Å². The summed E-state index contributed by atoms with van der Waals surface area (Å²) in [6.45, 7) is 2.21. The average Bonchev–Trinajstić information content (AvgIpc) is 2.75. The molecule has 1 aromatic carbocycles. The number of piperidine rings is 2. The number of benzene rings is 1. The van der Waals surface area contributed by atoms with E-state index in [2.05, 4.69) is 0 Å². The minimum Gasteiger partial charge on any atom is -0.396 e. The van der Waals surface area contributed by atoms with Crippen molar-refractivity contribution < 1.29 is 19.4 Å². The molecule has 2 heterocycles. The molecule has 0 unspecified atom stereocenters. The molecule has 2 saturated heterocycles. The SMILES string of the molecule is COCCC(=O)N1CC[C@@]2(CO)CCCN(C(=O)/C=C/c3ccccc3)[C@@H]2C1. The maximum Gasteiger partial charge on any atom is 0.246 e. The molecule has 1 N–H and O–H groups in total. The third-order valence-electron chi connectivity index (χ3n) is 6.12. The first-order valence-electron chi connectivity index (χ1n) is 10.0. The highest BCUT2D eigenvalue weighted by Gasteiger charge is 2.49. The van der Waals surface area contributed by atoms with E-state index >= 15 is 0 Å². The molecule has 0 bridgehead atoms. The highest BCUT2D eigenvalue weighted by atomic mass is 16.5. The molecule has 0 aromatic heterocycles. The Morgan fingerprint density at radius 3 is 2.75 bits per heavy atom. The Hall–Kier alpha value is -2.18. The Morgan fingerprint density at radius 2 is 2.04 bits per heavy atom. The van der Waals surface area contributed by atoms with Gasteiger partial charge in [-0.2, -0.15) is 0 Å². The summed E-state index contributed by atoms with van der Waals surface area (Å²) in [7, 11) is 1.58. The number of hydrogen-bond donors (Lipinski definition) is 1. The quantitative estimate of drug-likeness (QED) is 0.759. The van der Waals surface area contributed by atoms with E-state index in [0.717, 1.165) is 24.8 Å². The summed E-state index contributed by atoms with van der Waals surface area (Å²) in [5.41, 5.74) is 0.660. The van der Waals surface area contributed by atoms with Crippen molar-refractivity contribution in [3.63, 3.8) is 0 Å². The molecule has 2 aliphatic heterocycles. The lowest BCUT2D eigenvalue weighted by Gasteiger charge is -2.54. The number of aliphatic hydroxyl groups is 1. The van der Waals surface area contributed by atoms with Crippen LogP contribution in [-0.2, 0) is 14.3 Å². The maximum atomic E-state index is 13.0. The van der Waals surface area contributed by atoms with Crippen LogP contribution in [0, 0.1) is 5.41 Å². The number of nitrogens with zero attached hydrogens (tertiary/aromatic N) is 2. The van der Waals surface area contributed by atoms with E-state index in [1.807, 2.05) is 46.2 Å². The van der Waals surface area contributed by atoms with Crippen molar-refractivity contribution in [2.45, 2.75) is 31.7 Å². The molecule has 28 heavy (non-hydrogen) atoms. The number of rotatable bonds is 6. The number of ether oxygens (including phenoxy) is 1. The zero-order valence-electron chi connectivity index (χ0n) is 16.5. The van der Waals surface area contributed by atoms with E-state index in [-0.39, 0.29) is 29.9 Å². The van der Waals surface area contributed by atoms with Gasteiger partial charge in [0.1, 0.15) is 0 Å². The second kappa shape index (κ2) is 9.34. The van der Waals surface area contributed by atoms with Crippen molar-refractivity contribution in [3.05, 3.63) is 42.0 Å². The Balaban J connectivity index is 1.75. The molecule has 2 atom stereocenters. The summed E-state index contributed by atoms with van der Waals surface area (Å²) in [5, 5.41) is 10.2. The molecule has 3 rings (SSSR count). The van der Waals surface area contributed by atoms with Gasteiger partial charge in [-0.25, -0.2) is 0 Å². The van der Waals surface area contributed by atoms with Gasteiger partial charge >= 0.3 is 0 Å². The van der Waals surface area contributed by atoms with Crippen molar-refractivity contribution in [3.8, 4) is 0 Å². The Bertz CT molecular complexity index is 706. The molecule has 2 aliphatic rings. The Morgan fingerprint density at radius 1 is 1.25 bits per heavy atom. The fraction of sp³-hybridized carbons (Fsp3) is 0.545. The standard InChI is InChI=1S/C22H30N2O4/c1-28-15-10-20(26)23-14-12-22(17-25)11-5-13-24(19(22)16-23)21(27)9-8-18-6-3-2-4-7-18/h2-4,6-9,19,25H,5,10-17H2,1H3/b9-8+/t19-,22-/m1/s1. The Kier molecular flexibility index (Phi) is 6.86. The van der Waals surface area contributed by atoms with Gasteiger partial charge < -0.3 is 19.6 Å². The van der Waals surface area contributed by atoms with Crippen molar-refractivity contribution in [1.82, 2.24) is 9.80 Å². The number of fused-ring (bicyclic) bond motifs is 1. The molecule has 152 valence electrons. The fourth-order valence-electron chi connectivity index (χ4n) is 4.42. The van der Waals surface area contributed by atoms with Crippen LogP contribution >= 0.6 is 0 Å². The molecule has 0 spiro atoms. The number of likely N-dealkylation sites (tertiary alicyclic amines) is 2. The molecule has 6 heteroatoms. The van der Waals surface area contributed by atoms with E-state index in [4.69, 9.17) is 4.74 Å². The van der Waals surface area contributed by atoms with Gasteiger partial charge in [-0.15, -0.1) is 0 Å². The van der Waals surface area contributed by atoms with E-state index in [9.17, 15) is 14.7 Å². The molecular formula is C22H30N2O4. The summed E-state index contributed by atoms with van der Waals surface area (Å²) in [4.78, 5) is 29.1. The summed E-state index contributed by atoms with van der Waals surface area (Å²) in [6.07, 6.45) is 6.26. The highest BCUT2D eigenvalue weighted by molar-refractivity contribution is 5.92. The minimum atomic E-state index is -0.313. The lowest BCUT2D eigenvalue weighted by molar-refractivity contribution is -0.150. The Labute approximate surface area is 166 Å². The fourth-order valence-corrected chi connectivity index (χ4v) is 4.42. The van der Waals surface area contributed by atoms with Crippen LogP contribution in [0.2, 0.25) is 0 Å². The average molecular weight is 386 g/mol. The lowest BCUT2D eigenvalue weighted by Crippen LogP contribution is -2.64. The summed E-state index contributed by atoms with van der Waals surface area (Å²) >= 11 is 0. The van der Waals surface area contributed by atoms with Gasteiger partial charge in [0.2, 0.25) is 11.8 Å². The lowest BCUT2D eigenvalue weighted by atomic mass is 9.69. The molecule has 0 saturated carbocycles. The molecule has 6 nitrogen and oxygen atoms in total. The van der Waals surface area contributed by atoms with E-state index in [1.165, 1.54) is 0 Å². The predicted molar refractivity (Wildman–Crippen MR) is 107 cm³/mol. The zero-order chi connectivity index (χ0) is 20.0. The van der Waals surface area contributed by atoms with Gasteiger partial charge in [0.25, 0.3) is 0 Å². The van der Waals surface area contributed by atoms with Crippen LogP contribution < -0.4 is 0 Å². The van der Waals surface area contributed by atoms with Crippen LogP contribution in [0.25, 0.3) is 6.08 Å². The highest BCUT2D eigenvalue weighted by Crippen LogP contribution is 2.42. The minimum absolute atomic E-state index is 0.0456. The third kappa shape index (κ3) is 4.45. The van der Waals surface area contributed by atoms with Gasteiger partial charge in [-0.3, -0.25) is 9.59 Å². The van der Waals surface area contributed by atoms with Crippen LogP contribution in [0.4, 0.5) is 0 Å².